The van der Waals surface area contributed by atoms with Crippen molar-refractivity contribution in [3.05, 3.63) is 115 Å². The lowest BCUT2D eigenvalue weighted by molar-refractivity contribution is 0.102. The maximum absolute atomic E-state index is 12.9. The van der Waals surface area contributed by atoms with Crippen LogP contribution in [0.15, 0.2) is 103 Å². The minimum absolute atomic E-state index is 0.191. The van der Waals surface area contributed by atoms with E-state index in [2.05, 4.69) is 5.32 Å². The third kappa shape index (κ3) is 3.96. The third-order valence-corrected chi connectivity index (χ3v) is 5.22. The normalized spacial score (nSPS) is 10.8. The van der Waals surface area contributed by atoms with E-state index in [0.29, 0.717) is 17.0 Å². The van der Waals surface area contributed by atoms with Crippen LogP contribution in [0.1, 0.15) is 15.9 Å². The Morgan fingerprint density at radius 1 is 0.844 bits per heavy atom. The Kier molecular flexibility index (Phi) is 5.14. The number of hydrogen-bond acceptors (Lipinski definition) is 3. The fourth-order valence-corrected chi connectivity index (χ4v) is 3.59. The van der Waals surface area contributed by atoms with Crippen molar-refractivity contribution in [1.29, 1.82) is 0 Å². The first-order valence-corrected chi connectivity index (χ1v) is 10.4. The first kappa shape index (κ1) is 19.6. The summed E-state index contributed by atoms with van der Waals surface area (Å²) >= 11 is 0. The number of para-hydroxylation sites is 2. The number of carbonyl (C=O) groups is 1. The van der Waals surface area contributed by atoms with Crippen molar-refractivity contribution < 1.29 is 9.53 Å². The van der Waals surface area contributed by atoms with Crippen LogP contribution >= 0.6 is 0 Å². The number of carbonyl (C=O) groups excluding carboxylic acids is 1. The van der Waals surface area contributed by atoms with Crippen molar-refractivity contribution in [1.82, 2.24) is 9.38 Å². The zero-order valence-corrected chi connectivity index (χ0v) is 17.5. The van der Waals surface area contributed by atoms with E-state index in [1.54, 1.807) is 24.3 Å². The van der Waals surface area contributed by atoms with Crippen molar-refractivity contribution in [2.45, 2.75) is 6.92 Å². The van der Waals surface area contributed by atoms with Gasteiger partial charge in [0.2, 0.25) is 0 Å². The second-order valence-electron chi connectivity index (χ2n) is 7.49. The Labute approximate surface area is 185 Å². The molecule has 5 nitrogen and oxygen atoms in total. The average Bonchev–Trinajstić information content (AvgIpc) is 3.26. The minimum atomic E-state index is -0.191. The number of ether oxygens (including phenoxy) is 1. The SMILES string of the molecule is Cc1cccn2cc(-c3ccccc3NC(=O)c3ccc(Oc4ccccc4)cc3)nc12. The van der Waals surface area contributed by atoms with Gasteiger partial charge in [0, 0.05) is 23.5 Å². The van der Waals surface area contributed by atoms with Gasteiger partial charge in [-0.2, -0.15) is 0 Å². The molecule has 0 saturated carbocycles. The monoisotopic (exact) mass is 419 g/mol. The number of rotatable bonds is 5. The Hall–Kier alpha value is -4.38. The van der Waals surface area contributed by atoms with Crippen LogP contribution in [0.25, 0.3) is 16.9 Å². The molecule has 5 heteroatoms. The lowest BCUT2D eigenvalue weighted by Gasteiger charge is -2.10. The number of aryl methyl sites for hydroxylation is 1. The predicted molar refractivity (Wildman–Crippen MR) is 126 cm³/mol. The summed E-state index contributed by atoms with van der Waals surface area (Å²) in [4.78, 5) is 17.7. The molecule has 2 heterocycles. The summed E-state index contributed by atoms with van der Waals surface area (Å²) in [5, 5.41) is 3.02. The molecular formula is C27H21N3O2. The Bertz CT molecular complexity index is 1390. The van der Waals surface area contributed by atoms with E-state index in [9.17, 15) is 4.79 Å². The van der Waals surface area contributed by atoms with E-state index in [1.807, 2.05) is 90.4 Å². The summed E-state index contributed by atoms with van der Waals surface area (Å²) in [7, 11) is 0. The quantitative estimate of drug-likeness (QED) is 0.361. The fourth-order valence-electron chi connectivity index (χ4n) is 3.59. The maximum Gasteiger partial charge on any atom is 0.255 e. The summed E-state index contributed by atoms with van der Waals surface area (Å²) in [5.74, 6) is 1.23. The van der Waals surface area contributed by atoms with Crippen molar-refractivity contribution in [3.8, 4) is 22.8 Å². The number of aromatic nitrogens is 2. The highest BCUT2D eigenvalue weighted by Crippen LogP contribution is 2.29. The summed E-state index contributed by atoms with van der Waals surface area (Å²) in [6, 6.07) is 28.3. The van der Waals surface area contributed by atoms with Gasteiger partial charge in [0.15, 0.2) is 0 Å². The van der Waals surface area contributed by atoms with Crippen molar-refractivity contribution in [3.63, 3.8) is 0 Å². The smallest absolute Gasteiger partial charge is 0.255 e. The van der Waals surface area contributed by atoms with Crippen LogP contribution in [-0.2, 0) is 0 Å². The number of imidazole rings is 1. The second-order valence-corrected chi connectivity index (χ2v) is 7.49. The van der Waals surface area contributed by atoms with E-state index >= 15 is 0 Å². The Balaban J connectivity index is 1.37. The fraction of sp³-hybridized carbons (Fsp3) is 0.0370. The number of pyridine rings is 1. The lowest BCUT2D eigenvalue weighted by atomic mass is 10.1. The number of anilines is 1. The highest BCUT2D eigenvalue weighted by atomic mass is 16.5. The molecule has 5 aromatic rings. The molecule has 0 radical (unpaired) electrons. The van der Waals surface area contributed by atoms with Gasteiger partial charge in [-0.05, 0) is 61.0 Å². The number of benzene rings is 3. The van der Waals surface area contributed by atoms with E-state index in [1.165, 1.54) is 0 Å². The van der Waals surface area contributed by atoms with Gasteiger partial charge in [-0.25, -0.2) is 4.98 Å². The molecule has 2 aromatic heterocycles. The van der Waals surface area contributed by atoms with Crippen molar-refractivity contribution in [2.75, 3.05) is 5.32 Å². The summed E-state index contributed by atoms with van der Waals surface area (Å²) in [6.45, 7) is 2.03. The van der Waals surface area contributed by atoms with Crippen LogP contribution in [-0.4, -0.2) is 15.3 Å². The molecule has 0 spiro atoms. The number of nitrogens with one attached hydrogen (secondary N) is 1. The molecule has 0 aliphatic carbocycles. The third-order valence-electron chi connectivity index (χ3n) is 5.22. The molecule has 0 saturated heterocycles. The molecule has 0 unspecified atom stereocenters. The maximum atomic E-state index is 12.9. The Morgan fingerprint density at radius 2 is 1.56 bits per heavy atom. The molecule has 5 rings (SSSR count). The van der Waals surface area contributed by atoms with Crippen LogP contribution < -0.4 is 10.1 Å². The van der Waals surface area contributed by atoms with Gasteiger partial charge in [-0.15, -0.1) is 0 Å². The first-order valence-electron chi connectivity index (χ1n) is 10.4. The molecule has 32 heavy (non-hydrogen) atoms. The zero-order valence-electron chi connectivity index (χ0n) is 17.5. The van der Waals surface area contributed by atoms with E-state index < -0.39 is 0 Å². The standard InChI is InChI=1S/C27H21N3O2/c1-19-8-7-17-30-18-25(28-26(19)30)23-11-5-6-12-24(23)29-27(31)20-13-15-22(16-14-20)32-21-9-3-2-4-10-21/h2-18H,1H3,(H,29,31). The van der Waals surface area contributed by atoms with Gasteiger partial charge in [0.05, 0.1) is 11.4 Å². The van der Waals surface area contributed by atoms with Crippen molar-refractivity contribution in [2.24, 2.45) is 0 Å². The second kappa shape index (κ2) is 8.40. The van der Waals surface area contributed by atoms with Gasteiger partial charge in [0.1, 0.15) is 17.1 Å². The van der Waals surface area contributed by atoms with Gasteiger partial charge in [-0.3, -0.25) is 4.79 Å². The summed E-state index contributed by atoms with van der Waals surface area (Å²) < 4.78 is 7.80. The summed E-state index contributed by atoms with van der Waals surface area (Å²) in [5.41, 5.74) is 4.93. The highest BCUT2D eigenvalue weighted by molar-refractivity contribution is 6.06. The molecule has 0 aliphatic rings. The van der Waals surface area contributed by atoms with E-state index in [0.717, 1.165) is 28.2 Å². The minimum Gasteiger partial charge on any atom is -0.457 e. The molecular weight excluding hydrogens is 398 g/mol. The van der Waals surface area contributed by atoms with Crippen LogP contribution in [0.2, 0.25) is 0 Å². The largest absolute Gasteiger partial charge is 0.457 e. The van der Waals surface area contributed by atoms with Gasteiger partial charge >= 0.3 is 0 Å². The number of hydrogen-bond donors (Lipinski definition) is 1. The molecule has 1 N–H and O–H groups in total. The molecule has 0 aliphatic heterocycles. The van der Waals surface area contributed by atoms with Crippen LogP contribution in [0.4, 0.5) is 5.69 Å². The molecule has 156 valence electrons. The lowest BCUT2D eigenvalue weighted by Crippen LogP contribution is -2.12. The van der Waals surface area contributed by atoms with Gasteiger partial charge in [-0.1, -0.05) is 42.5 Å². The van der Waals surface area contributed by atoms with E-state index in [4.69, 9.17) is 9.72 Å². The van der Waals surface area contributed by atoms with Crippen LogP contribution in [0, 0.1) is 6.92 Å². The zero-order chi connectivity index (χ0) is 21.9. The van der Waals surface area contributed by atoms with Gasteiger partial charge in [0.25, 0.3) is 5.91 Å². The van der Waals surface area contributed by atoms with Crippen LogP contribution in [0.3, 0.4) is 0 Å². The molecule has 0 atom stereocenters. The van der Waals surface area contributed by atoms with Gasteiger partial charge < -0.3 is 14.5 Å². The topological polar surface area (TPSA) is 55.6 Å². The number of fused-ring (bicyclic) bond motifs is 1. The average molecular weight is 419 g/mol. The van der Waals surface area contributed by atoms with E-state index in [-0.39, 0.29) is 5.91 Å². The highest BCUT2D eigenvalue weighted by Gasteiger charge is 2.13. The predicted octanol–water partition coefficient (Wildman–Crippen LogP) is 6.35. The number of amides is 1. The van der Waals surface area contributed by atoms with Crippen molar-refractivity contribution >= 4 is 17.2 Å². The molecule has 0 bridgehead atoms. The molecule has 1 amide bonds. The molecule has 0 fully saturated rings. The van der Waals surface area contributed by atoms with Crippen LogP contribution in [0.5, 0.6) is 11.5 Å². The molecule has 3 aromatic carbocycles. The Morgan fingerprint density at radius 3 is 2.34 bits per heavy atom. The summed E-state index contributed by atoms with van der Waals surface area (Å²) in [6.07, 6.45) is 3.95. The first-order chi connectivity index (χ1) is 15.7. The number of nitrogens with zero attached hydrogens (tertiary/aromatic N) is 2.